The summed E-state index contributed by atoms with van der Waals surface area (Å²) in [5.41, 5.74) is 7.53. The molecule has 0 aliphatic rings. The summed E-state index contributed by atoms with van der Waals surface area (Å²) >= 11 is 0. The summed E-state index contributed by atoms with van der Waals surface area (Å²) in [5.74, 6) is 0.153. The minimum Gasteiger partial charge on any atom is -0.386 e. The Balaban J connectivity index is 2.90. The van der Waals surface area contributed by atoms with Gasteiger partial charge in [0.1, 0.15) is 5.84 Å². The number of aryl methyl sites for hydroxylation is 2. The van der Waals surface area contributed by atoms with Crippen molar-refractivity contribution >= 4 is 5.84 Å². The average Bonchev–Trinajstić information content (AvgIpc) is 2.46. The van der Waals surface area contributed by atoms with Gasteiger partial charge in [0.05, 0.1) is 12.2 Å². The molecular weight excluding hydrogens is 164 g/mol. The molecule has 4 nitrogen and oxygen atoms in total. The third-order valence-electron chi connectivity index (χ3n) is 1.96. The van der Waals surface area contributed by atoms with Gasteiger partial charge in [0.15, 0.2) is 0 Å². The second kappa shape index (κ2) is 4.07. The molecule has 0 aliphatic carbocycles. The van der Waals surface area contributed by atoms with Gasteiger partial charge in [-0.25, -0.2) is 0 Å². The predicted octanol–water partition coefficient (Wildman–Crippen LogP) is 0.944. The van der Waals surface area contributed by atoms with Gasteiger partial charge in [0, 0.05) is 5.69 Å². The first-order valence-corrected chi connectivity index (χ1v) is 4.55. The first kappa shape index (κ1) is 9.77. The second-order valence-corrected chi connectivity index (χ2v) is 3.02. The van der Waals surface area contributed by atoms with Crippen molar-refractivity contribution in [2.45, 2.75) is 33.2 Å². The fourth-order valence-corrected chi connectivity index (χ4v) is 1.27. The van der Waals surface area contributed by atoms with E-state index in [0.29, 0.717) is 6.54 Å². The van der Waals surface area contributed by atoms with Crippen LogP contribution in [0.2, 0.25) is 0 Å². The molecule has 0 amide bonds. The number of rotatable bonds is 4. The molecule has 0 saturated heterocycles. The molecule has 1 heterocycles. The molecule has 4 heteroatoms. The van der Waals surface area contributed by atoms with Gasteiger partial charge in [-0.3, -0.25) is 10.1 Å². The van der Waals surface area contributed by atoms with Gasteiger partial charge < -0.3 is 5.73 Å². The Morgan fingerprint density at radius 3 is 2.69 bits per heavy atom. The Morgan fingerprint density at radius 2 is 2.23 bits per heavy atom. The number of hydrogen-bond acceptors (Lipinski definition) is 2. The van der Waals surface area contributed by atoms with Gasteiger partial charge in [-0.15, -0.1) is 0 Å². The van der Waals surface area contributed by atoms with E-state index in [9.17, 15) is 0 Å². The fourth-order valence-electron chi connectivity index (χ4n) is 1.27. The number of nitrogens with one attached hydrogen (secondary N) is 1. The molecule has 3 N–H and O–H groups in total. The van der Waals surface area contributed by atoms with Gasteiger partial charge in [0.2, 0.25) is 0 Å². The highest BCUT2D eigenvalue weighted by Gasteiger charge is 2.05. The summed E-state index contributed by atoms with van der Waals surface area (Å²) in [6.07, 6.45) is 1.86. The van der Waals surface area contributed by atoms with E-state index in [1.807, 2.05) is 0 Å². The summed E-state index contributed by atoms with van der Waals surface area (Å²) in [7, 11) is 0. The lowest BCUT2D eigenvalue weighted by molar-refractivity contribution is 0.666. The van der Waals surface area contributed by atoms with Crippen LogP contribution in [0.25, 0.3) is 0 Å². The second-order valence-electron chi connectivity index (χ2n) is 3.02. The van der Waals surface area contributed by atoms with E-state index in [4.69, 9.17) is 11.1 Å². The van der Waals surface area contributed by atoms with Gasteiger partial charge in [-0.1, -0.05) is 13.8 Å². The van der Waals surface area contributed by atoms with Crippen molar-refractivity contribution in [3.8, 4) is 0 Å². The van der Waals surface area contributed by atoms with Crippen LogP contribution >= 0.6 is 0 Å². The van der Waals surface area contributed by atoms with E-state index in [1.54, 1.807) is 4.68 Å². The molecule has 0 unspecified atom stereocenters. The smallest absolute Gasteiger partial charge is 0.113 e. The molecule has 1 aromatic heterocycles. The monoisotopic (exact) mass is 180 g/mol. The Hall–Kier alpha value is -1.32. The minimum absolute atomic E-state index is 0.153. The van der Waals surface area contributed by atoms with Crippen molar-refractivity contribution in [2.24, 2.45) is 5.73 Å². The van der Waals surface area contributed by atoms with Crippen LogP contribution in [0.5, 0.6) is 0 Å². The summed E-state index contributed by atoms with van der Waals surface area (Å²) in [5, 5.41) is 11.5. The van der Waals surface area contributed by atoms with Crippen molar-refractivity contribution < 1.29 is 0 Å². The molecule has 1 rings (SSSR count). The summed E-state index contributed by atoms with van der Waals surface area (Å²) in [4.78, 5) is 0. The highest BCUT2D eigenvalue weighted by atomic mass is 15.3. The zero-order valence-electron chi connectivity index (χ0n) is 8.17. The first-order chi connectivity index (χ1) is 6.17. The Bertz CT molecular complexity index is 301. The van der Waals surface area contributed by atoms with E-state index in [1.165, 1.54) is 0 Å². The predicted molar refractivity (Wildman–Crippen MR) is 52.9 cm³/mol. The SMILES string of the molecule is CCc1cc(CC)n(CC(=N)N)n1. The van der Waals surface area contributed by atoms with Crippen LogP contribution in [0.4, 0.5) is 0 Å². The molecule has 1 aromatic rings. The van der Waals surface area contributed by atoms with Crippen molar-refractivity contribution in [3.63, 3.8) is 0 Å². The Kier molecular flexibility index (Phi) is 3.06. The molecule has 72 valence electrons. The van der Waals surface area contributed by atoms with Crippen molar-refractivity contribution in [3.05, 3.63) is 17.5 Å². The fraction of sp³-hybridized carbons (Fsp3) is 0.556. The van der Waals surface area contributed by atoms with E-state index in [2.05, 4.69) is 25.0 Å². The maximum atomic E-state index is 7.19. The van der Waals surface area contributed by atoms with Gasteiger partial charge in [-0.05, 0) is 18.9 Å². The highest BCUT2D eigenvalue weighted by Crippen LogP contribution is 2.05. The van der Waals surface area contributed by atoms with Crippen LogP contribution in [0, 0.1) is 5.41 Å². The summed E-state index contributed by atoms with van der Waals surface area (Å²) in [6, 6.07) is 2.07. The lowest BCUT2D eigenvalue weighted by atomic mass is 10.2. The van der Waals surface area contributed by atoms with Crippen molar-refractivity contribution in [1.29, 1.82) is 5.41 Å². The maximum Gasteiger partial charge on any atom is 0.113 e. The van der Waals surface area contributed by atoms with Crippen LogP contribution in [-0.2, 0) is 19.4 Å². The molecule has 0 saturated carbocycles. The van der Waals surface area contributed by atoms with Crippen LogP contribution in [0.15, 0.2) is 6.07 Å². The molecule has 0 aliphatic heterocycles. The maximum absolute atomic E-state index is 7.19. The van der Waals surface area contributed by atoms with E-state index < -0.39 is 0 Å². The van der Waals surface area contributed by atoms with Crippen molar-refractivity contribution in [1.82, 2.24) is 9.78 Å². The van der Waals surface area contributed by atoms with E-state index in [-0.39, 0.29) is 5.84 Å². The van der Waals surface area contributed by atoms with Crippen LogP contribution in [-0.4, -0.2) is 15.6 Å². The van der Waals surface area contributed by atoms with Crippen LogP contribution in [0.3, 0.4) is 0 Å². The molecule has 0 bridgehead atoms. The number of hydrogen-bond donors (Lipinski definition) is 2. The number of amidine groups is 1. The summed E-state index contributed by atoms with van der Waals surface area (Å²) in [6.45, 7) is 4.55. The minimum atomic E-state index is 0.153. The number of aromatic nitrogens is 2. The lowest BCUT2D eigenvalue weighted by Gasteiger charge is -2.02. The normalized spacial score (nSPS) is 10.3. The number of nitrogens with two attached hydrogens (primary N) is 1. The first-order valence-electron chi connectivity index (χ1n) is 4.55. The largest absolute Gasteiger partial charge is 0.386 e. The zero-order chi connectivity index (χ0) is 9.84. The Labute approximate surface area is 78.3 Å². The van der Waals surface area contributed by atoms with Gasteiger partial charge in [0.25, 0.3) is 0 Å². The molecule has 0 radical (unpaired) electrons. The van der Waals surface area contributed by atoms with E-state index in [0.717, 1.165) is 24.2 Å². The molecule has 0 spiro atoms. The third kappa shape index (κ3) is 2.31. The average molecular weight is 180 g/mol. The van der Waals surface area contributed by atoms with Crippen LogP contribution < -0.4 is 5.73 Å². The molecule has 0 atom stereocenters. The van der Waals surface area contributed by atoms with Gasteiger partial charge in [-0.2, -0.15) is 5.10 Å². The molecule has 0 aromatic carbocycles. The molecular formula is C9H16N4. The standard InChI is InChI=1S/C9H16N4/c1-3-7-5-8(4-2)13(12-7)6-9(10)11/h5H,3-4,6H2,1-2H3,(H3,10,11). The van der Waals surface area contributed by atoms with Gasteiger partial charge >= 0.3 is 0 Å². The lowest BCUT2D eigenvalue weighted by Crippen LogP contribution is -2.20. The number of nitrogens with zero attached hydrogens (tertiary/aromatic N) is 2. The Morgan fingerprint density at radius 1 is 1.54 bits per heavy atom. The molecule has 0 fully saturated rings. The topological polar surface area (TPSA) is 67.7 Å². The van der Waals surface area contributed by atoms with E-state index >= 15 is 0 Å². The third-order valence-corrected chi connectivity index (χ3v) is 1.96. The molecule has 13 heavy (non-hydrogen) atoms. The zero-order valence-corrected chi connectivity index (χ0v) is 8.17. The highest BCUT2D eigenvalue weighted by molar-refractivity contribution is 5.76. The van der Waals surface area contributed by atoms with Crippen LogP contribution in [0.1, 0.15) is 25.2 Å². The van der Waals surface area contributed by atoms with Crippen molar-refractivity contribution in [2.75, 3.05) is 0 Å². The quantitative estimate of drug-likeness (QED) is 0.535. The summed E-state index contributed by atoms with van der Waals surface area (Å²) < 4.78 is 1.81.